The van der Waals surface area contributed by atoms with Crippen LogP contribution in [-0.4, -0.2) is 45.0 Å². The highest BCUT2D eigenvalue weighted by atomic mass is 16.5. The fourth-order valence-corrected chi connectivity index (χ4v) is 5.95. The van der Waals surface area contributed by atoms with Crippen LogP contribution in [-0.2, 0) is 23.8 Å². The van der Waals surface area contributed by atoms with E-state index in [9.17, 15) is 9.59 Å². The number of allylic oxidation sites excluding steroid dienone is 3. The lowest BCUT2D eigenvalue weighted by atomic mass is 9.53. The zero-order chi connectivity index (χ0) is 17.2. The van der Waals surface area contributed by atoms with Crippen molar-refractivity contribution in [1.82, 2.24) is 5.32 Å². The molecule has 3 aliphatic carbocycles. The third-order valence-electron chi connectivity index (χ3n) is 6.87. The number of nitrogens with one attached hydrogen (secondary N) is 1. The highest BCUT2D eigenvalue weighted by Gasteiger charge is 2.77. The van der Waals surface area contributed by atoms with Gasteiger partial charge in [-0.05, 0) is 38.3 Å². The molecule has 1 aliphatic heterocycles. The summed E-state index contributed by atoms with van der Waals surface area (Å²) in [7, 11) is 4.61. The second-order valence-corrected chi connectivity index (χ2v) is 7.22. The third-order valence-corrected chi connectivity index (χ3v) is 6.87. The summed E-state index contributed by atoms with van der Waals surface area (Å²) in [6.45, 7) is 0.758. The van der Waals surface area contributed by atoms with Crippen molar-refractivity contribution in [2.45, 2.75) is 37.6 Å². The van der Waals surface area contributed by atoms with Crippen LogP contribution in [0.3, 0.4) is 0 Å². The first kappa shape index (κ1) is 15.7. The van der Waals surface area contributed by atoms with Gasteiger partial charge in [0.1, 0.15) is 0 Å². The number of hydrogen-bond acceptors (Lipinski definition) is 6. The van der Waals surface area contributed by atoms with Crippen LogP contribution in [0.2, 0.25) is 0 Å². The maximum absolute atomic E-state index is 13.2. The Kier molecular flexibility index (Phi) is 3.17. The molecule has 130 valence electrons. The van der Waals surface area contributed by atoms with Crippen molar-refractivity contribution < 1.29 is 23.8 Å². The van der Waals surface area contributed by atoms with Crippen LogP contribution in [0.25, 0.3) is 0 Å². The summed E-state index contributed by atoms with van der Waals surface area (Å²) < 4.78 is 16.4. The van der Waals surface area contributed by atoms with Crippen LogP contribution < -0.4 is 5.32 Å². The summed E-state index contributed by atoms with van der Waals surface area (Å²) in [5.74, 6) is 1.26. The van der Waals surface area contributed by atoms with Gasteiger partial charge in [-0.2, -0.15) is 0 Å². The molecule has 4 rings (SSSR count). The predicted octanol–water partition coefficient (Wildman–Crippen LogP) is 1.47. The average molecular weight is 333 g/mol. The SMILES string of the molecule is COC1=CC[C@@]2(CC[C@]34NCC[C@]23CC(=O)C(OC)=C4OC)C1=O. The van der Waals surface area contributed by atoms with E-state index in [1.165, 1.54) is 14.2 Å². The molecule has 0 radical (unpaired) electrons. The summed E-state index contributed by atoms with van der Waals surface area (Å²) in [5.41, 5.74) is -1.56. The minimum absolute atomic E-state index is 0.0414. The van der Waals surface area contributed by atoms with Gasteiger partial charge in [0.05, 0.1) is 26.9 Å². The number of methoxy groups -OCH3 is 3. The van der Waals surface area contributed by atoms with Crippen molar-refractivity contribution in [3.05, 3.63) is 23.4 Å². The van der Waals surface area contributed by atoms with Gasteiger partial charge in [-0.1, -0.05) is 0 Å². The van der Waals surface area contributed by atoms with Crippen molar-refractivity contribution >= 4 is 11.6 Å². The quantitative estimate of drug-likeness (QED) is 0.843. The van der Waals surface area contributed by atoms with Crippen LogP contribution >= 0.6 is 0 Å². The maximum atomic E-state index is 13.2. The van der Waals surface area contributed by atoms with Crippen LogP contribution in [0.15, 0.2) is 23.4 Å². The lowest BCUT2D eigenvalue weighted by Gasteiger charge is -2.50. The van der Waals surface area contributed by atoms with Gasteiger partial charge in [0.15, 0.2) is 11.5 Å². The first-order valence-corrected chi connectivity index (χ1v) is 8.42. The number of carbonyl (C=O) groups excluding carboxylic acids is 2. The molecule has 0 aromatic rings. The first-order valence-electron chi connectivity index (χ1n) is 8.42. The van der Waals surface area contributed by atoms with Crippen LogP contribution in [0.5, 0.6) is 0 Å². The van der Waals surface area contributed by atoms with Crippen molar-refractivity contribution in [1.29, 1.82) is 0 Å². The highest BCUT2D eigenvalue weighted by Crippen LogP contribution is 2.71. The van der Waals surface area contributed by atoms with Crippen molar-refractivity contribution in [2.24, 2.45) is 10.8 Å². The molecule has 4 aliphatic rings. The maximum Gasteiger partial charge on any atom is 0.204 e. The molecule has 0 amide bonds. The first-order chi connectivity index (χ1) is 11.5. The second kappa shape index (κ2) is 4.85. The topological polar surface area (TPSA) is 73.9 Å². The molecule has 2 fully saturated rings. The Balaban J connectivity index is 1.92. The molecule has 1 saturated heterocycles. The van der Waals surface area contributed by atoms with E-state index in [1.807, 2.05) is 6.08 Å². The van der Waals surface area contributed by atoms with E-state index < -0.39 is 16.4 Å². The van der Waals surface area contributed by atoms with E-state index in [0.29, 0.717) is 30.1 Å². The summed E-state index contributed by atoms with van der Waals surface area (Å²) in [6, 6.07) is 0. The molecular weight excluding hydrogens is 310 g/mol. The van der Waals surface area contributed by atoms with E-state index in [1.54, 1.807) is 7.11 Å². The Bertz CT molecular complexity index is 696. The molecule has 0 bridgehead atoms. The molecule has 1 saturated carbocycles. The van der Waals surface area contributed by atoms with Crippen LogP contribution in [0, 0.1) is 10.8 Å². The number of hydrogen-bond donors (Lipinski definition) is 1. The van der Waals surface area contributed by atoms with Gasteiger partial charge >= 0.3 is 0 Å². The summed E-state index contributed by atoms with van der Waals surface area (Å²) in [5, 5.41) is 3.58. The standard InChI is InChI=1S/C18H23NO5/c1-22-12-4-5-16(14(12)21)6-7-18-15(24-3)13(23-2)11(20)10-17(16,18)8-9-19-18/h4,19H,5-10H2,1-3H3/t16-,17+,18-/m1/s1. The van der Waals surface area contributed by atoms with Gasteiger partial charge in [0.25, 0.3) is 0 Å². The normalized spacial score (nSPS) is 40.7. The molecule has 0 unspecified atom stereocenters. The molecular formula is C18H23NO5. The summed E-state index contributed by atoms with van der Waals surface area (Å²) in [4.78, 5) is 26.0. The lowest BCUT2D eigenvalue weighted by Crippen LogP contribution is -2.60. The largest absolute Gasteiger partial charge is 0.495 e. The lowest BCUT2D eigenvalue weighted by molar-refractivity contribution is -0.139. The summed E-state index contributed by atoms with van der Waals surface area (Å²) >= 11 is 0. The average Bonchev–Trinajstić information content (AvgIpc) is 3.19. The zero-order valence-corrected chi connectivity index (χ0v) is 14.4. The van der Waals surface area contributed by atoms with Crippen LogP contribution in [0.4, 0.5) is 0 Å². The van der Waals surface area contributed by atoms with Crippen molar-refractivity contribution in [3.8, 4) is 0 Å². The van der Waals surface area contributed by atoms with Gasteiger partial charge in [0.2, 0.25) is 17.3 Å². The number of ether oxygens (including phenoxy) is 3. The molecule has 1 N–H and O–H groups in total. The van der Waals surface area contributed by atoms with E-state index in [2.05, 4.69) is 5.32 Å². The fourth-order valence-electron chi connectivity index (χ4n) is 5.95. The van der Waals surface area contributed by atoms with Gasteiger partial charge in [-0.25, -0.2) is 0 Å². The predicted molar refractivity (Wildman–Crippen MR) is 84.8 cm³/mol. The Morgan fingerprint density at radius 2 is 1.83 bits per heavy atom. The Morgan fingerprint density at radius 1 is 1.04 bits per heavy atom. The molecule has 1 heterocycles. The molecule has 0 aromatic heterocycles. The summed E-state index contributed by atoms with van der Waals surface area (Å²) in [6.07, 6.45) is 5.08. The zero-order valence-electron chi connectivity index (χ0n) is 14.4. The fraction of sp³-hybridized carbons (Fsp3) is 0.667. The molecule has 6 nitrogen and oxygen atoms in total. The van der Waals surface area contributed by atoms with Crippen molar-refractivity contribution in [3.63, 3.8) is 0 Å². The van der Waals surface area contributed by atoms with Crippen molar-refractivity contribution in [2.75, 3.05) is 27.9 Å². The number of ketones is 2. The van der Waals surface area contributed by atoms with Gasteiger partial charge in [-0.3, -0.25) is 9.59 Å². The Morgan fingerprint density at radius 3 is 2.46 bits per heavy atom. The van der Waals surface area contributed by atoms with E-state index in [4.69, 9.17) is 14.2 Å². The Labute approximate surface area is 141 Å². The molecule has 24 heavy (non-hydrogen) atoms. The number of Topliss-reactive ketones (excluding diaryl/α,β-unsaturated/α-hetero) is 2. The van der Waals surface area contributed by atoms with E-state index in [0.717, 1.165) is 25.8 Å². The molecule has 0 aromatic carbocycles. The van der Waals surface area contributed by atoms with Gasteiger partial charge < -0.3 is 19.5 Å². The third kappa shape index (κ3) is 1.42. The minimum atomic E-state index is -0.583. The van der Waals surface area contributed by atoms with E-state index in [-0.39, 0.29) is 11.6 Å². The van der Waals surface area contributed by atoms with E-state index >= 15 is 0 Å². The number of rotatable bonds is 3. The molecule has 3 atom stereocenters. The minimum Gasteiger partial charge on any atom is -0.495 e. The molecule has 1 spiro atoms. The second-order valence-electron chi connectivity index (χ2n) is 7.22. The molecule has 6 heteroatoms. The van der Waals surface area contributed by atoms with Gasteiger partial charge in [0, 0.05) is 17.3 Å². The smallest absolute Gasteiger partial charge is 0.204 e. The van der Waals surface area contributed by atoms with Gasteiger partial charge in [-0.15, -0.1) is 0 Å². The highest BCUT2D eigenvalue weighted by molar-refractivity contribution is 6.04. The number of carbonyl (C=O) groups is 2. The monoisotopic (exact) mass is 333 g/mol. The Hall–Kier alpha value is -1.82. The van der Waals surface area contributed by atoms with Crippen LogP contribution in [0.1, 0.15) is 32.1 Å².